The summed E-state index contributed by atoms with van der Waals surface area (Å²) in [7, 11) is 0. The quantitative estimate of drug-likeness (QED) is 0.653. The second kappa shape index (κ2) is 3.37. The van der Waals surface area contributed by atoms with Crippen LogP contribution in [0.3, 0.4) is 0 Å². The predicted molar refractivity (Wildman–Crippen MR) is 40.6 cm³/mol. The van der Waals surface area contributed by atoms with Crippen molar-refractivity contribution in [2.24, 2.45) is 0 Å². The van der Waals surface area contributed by atoms with Crippen LogP contribution >= 0.6 is 0 Å². The number of aromatic amines is 1. The van der Waals surface area contributed by atoms with E-state index in [1.165, 1.54) is 5.56 Å². The summed E-state index contributed by atoms with van der Waals surface area (Å²) in [6, 6.07) is 0.537. The zero-order chi connectivity index (χ0) is 7.40. The highest BCUT2D eigenvalue weighted by Crippen LogP contribution is 1.92. The van der Waals surface area contributed by atoms with Gasteiger partial charge in [-0.25, -0.2) is 0 Å². The minimum Gasteiger partial charge on any atom is -0.310 e. The second-order valence-electron chi connectivity index (χ2n) is 2.64. The summed E-state index contributed by atoms with van der Waals surface area (Å²) in [5.74, 6) is 0. The van der Waals surface area contributed by atoms with Crippen molar-refractivity contribution in [3.8, 4) is 0 Å². The molecule has 1 aromatic rings. The number of aromatic nitrogens is 2. The predicted octanol–water partition coefficient (Wildman–Crippen LogP) is 0.908. The molecule has 0 unspecified atom stereocenters. The van der Waals surface area contributed by atoms with E-state index < -0.39 is 0 Å². The molecule has 0 fully saturated rings. The van der Waals surface area contributed by atoms with Crippen molar-refractivity contribution in [3.63, 3.8) is 0 Å². The first-order chi connectivity index (χ1) is 4.79. The van der Waals surface area contributed by atoms with Crippen molar-refractivity contribution in [2.45, 2.75) is 26.4 Å². The maximum absolute atomic E-state index is 3.84. The van der Waals surface area contributed by atoms with Crippen LogP contribution in [-0.4, -0.2) is 16.2 Å². The van der Waals surface area contributed by atoms with Gasteiger partial charge in [-0.05, 0) is 0 Å². The van der Waals surface area contributed by atoms with Crippen LogP contribution in [0.2, 0.25) is 0 Å². The van der Waals surface area contributed by atoms with Gasteiger partial charge in [0.2, 0.25) is 0 Å². The van der Waals surface area contributed by atoms with E-state index in [0.29, 0.717) is 6.04 Å². The average Bonchev–Trinajstić information content (AvgIpc) is 2.34. The first-order valence-corrected chi connectivity index (χ1v) is 3.50. The van der Waals surface area contributed by atoms with Gasteiger partial charge < -0.3 is 5.32 Å². The van der Waals surface area contributed by atoms with Crippen LogP contribution in [0.1, 0.15) is 19.4 Å². The van der Waals surface area contributed by atoms with Crippen molar-refractivity contribution in [1.82, 2.24) is 15.5 Å². The van der Waals surface area contributed by atoms with Crippen LogP contribution in [0.5, 0.6) is 0 Å². The molecule has 0 aliphatic carbocycles. The lowest BCUT2D eigenvalue weighted by Crippen LogP contribution is -2.21. The Hall–Kier alpha value is -0.830. The minimum atomic E-state index is 0.537. The van der Waals surface area contributed by atoms with E-state index in [-0.39, 0.29) is 0 Å². The molecule has 0 bridgehead atoms. The van der Waals surface area contributed by atoms with Crippen molar-refractivity contribution in [3.05, 3.63) is 18.0 Å². The zero-order valence-electron chi connectivity index (χ0n) is 6.39. The molecule has 0 spiro atoms. The highest BCUT2D eigenvalue weighted by molar-refractivity contribution is 5.01. The third kappa shape index (κ3) is 2.19. The van der Waals surface area contributed by atoms with Gasteiger partial charge in [0.05, 0.1) is 6.20 Å². The number of nitrogens with zero attached hydrogens (tertiary/aromatic N) is 1. The van der Waals surface area contributed by atoms with Crippen molar-refractivity contribution in [2.75, 3.05) is 0 Å². The van der Waals surface area contributed by atoms with Gasteiger partial charge in [0.25, 0.3) is 0 Å². The SMILES string of the molecule is CC(C)NCc1cn[nH]c1. The molecule has 0 radical (unpaired) electrons. The molecule has 2 N–H and O–H groups in total. The van der Waals surface area contributed by atoms with Crippen molar-refractivity contribution < 1.29 is 0 Å². The zero-order valence-corrected chi connectivity index (χ0v) is 6.39. The lowest BCUT2D eigenvalue weighted by molar-refractivity contribution is 0.589. The first kappa shape index (κ1) is 7.28. The third-order valence-electron chi connectivity index (χ3n) is 1.27. The number of hydrogen-bond donors (Lipinski definition) is 2. The molecule has 0 saturated heterocycles. The summed E-state index contributed by atoms with van der Waals surface area (Å²) >= 11 is 0. The number of rotatable bonds is 3. The van der Waals surface area contributed by atoms with Gasteiger partial charge in [-0.2, -0.15) is 5.10 Å². The van der Waals surface area contributed by atoms with Crippen LogP contribution in [-0.2, 0) is 6.54 Å². The summed E-state index contributed by atoms with van der Waals surface area (Å²) in [5.41, 5.74) is 1.20. The van der Waals surface area contributed by atoms with Gasteiger partial charge in [0.1, 0.15) is 0 Å². The summed E-state index contributed by atoms with van der Waals surface area (Å²) in [6.07, 6.45) is 3.73. The fourth-order valence-electron chi connectivity index (χ4n) is 0.696. The van der Waals surface area contributed by atoms with Gasteiger partial charge in [-0.1, -0.05) is 13.8 Å². The molecule has 0 atom stereocenters. The Morgan fingerprint density at radius 2 is 2.50 bits per heavy atom. The summed E-state index contributed by atoms with van der Waals surface area (Å²) in [4.78, 5) is 0. The maximum Gasteiger partial charge on any atom is 0.0532 e. The maximum atomic E-state index is 3.84. The van der Waals surface area contributed by atoms with Crippen molar-refractivity contribution >= 4 is 0 Å². The number of hydrogen-bond acceptors (Lipinski definition) is 2. The Kier molecular flexibility index (Phi) is 2.45. The van der Waals surface area contributed by atoms with Crippen LogP contribution in [0.25, 0.3) is 0 Å². The number of nitrogens with one attached hydrogen (secondary N) is 2. The van der Waals surface area contributed by atoms with Crippen LogP contribution in [0.4, 0.5) is 0 Å². The van der Waals surface area contributed by atoms with Gasteiger partial charge in [0.15, 0.2) is 0 Å². The Balaban J connectivity index is 2.28. The summed E-state index contributed by atoms with van der Waals surface area (Å²) in [5, 5.41) is 9.89. The smallest absolute Gasteiger partial charge is 0.0532 e. The molecular weight excluding hydrogens is 126 g/mol. The van der Waals surface area contributed by atoms with Crippen LogP contribution < -0.4 is 5.32 Å². The van der Waals surface area contributed by atoms with Gasteiger partial charge in [-0.3, -0.25) is 5.10 Å². The molecule has 56 valence electrons. The standard InChI is InChI=1S/C7H13N3/c1-6(2)8-3-7-4-9-10-5-7/h4-6,8H,3H2,1-2H3,(H,9,10). The molecule has 0 saturated carbocycles. The third-order valence-corrected chi connectivity index (χ3v) is 1.27. The molecule has 0 aliphatic heterocycles. The lowest BCUT2D eigenvalue weighted by Gasteiger charge is -2.04. The molecule has 10 heavy (non-hydrogen) atoms. The molecule has 1 heterocycles. The Morgan fingerprint density at radius 1 is 1.70 bits per heavy atom. The molecule has 0 aromatic carbocycles. The molecular formula is C7H13N3. The second-order valence-corrected chi connectivity index (χ2v) is 2.64. The largest absolute Gasteiger partial charge is 0.310 e. The minimum absolute atomic E-state index is 0.537. The van der Waals surface area contributed by atoms with E-state index in [2.05, 4.69) is 29.4 Å². The van der Waals surface area contributed by atoms with E-state index in [1.807, 2.05) is 12.4 Å². The van der Waals surface area contributed by atoms with Crippen LogP contribution in [0.15, 0.2) is 12.4 Å². The highest BCUT2D eigenvalue weighted by Gasteiger charge is 1.93. The molecule has 1 rings (SSSR count). The first-order valence-electron chi connectivity index (χ1n) is 3.50. The number of H-pyrrole nitrogens is 1. The molecule has 3 nitrogen and oxygen atoms in total. The van der Waals surface area contributed by atoms with Gasteiger partial charge in [-0.15, -0.1) is 0 Å². The van der Waals surface area contributed by atoms with E-state index in [1.54, 1.807) is 0 Å². The fraction of sp³-hybridized carbons (Fsp3) is 0.571. The van der Waals surface area contributed by atoms with Gasteiger partial charge in [0, 0.05) is 24.3 Å². The molecule has 0 amide bonds. The Morgan fingerprint density at radius 3 is 3.00 bits per heavy atom. The van der Waals surface area contributed by atoms with Gasteiger partial charge >= 0.3 is 0 Å². The van der Waals surface area contributed by atoms with Crippen LogP contribution in [0, 0.1) is 0 Å². The highest BCUT2D eigenvalue weighted by atomic mass is 15.1. The van der Waals surface area contributed by atoms with E-state index in [9.17, 15) is 0 Å². The van der Waals surface area contributed by atoms with E-state index in [0.717, 1.165) is 6.54 Å². The summed E-state index contributed by atoms with van der Waals surface area (Å²) in [6.45, 7) is 5.15. The molecule has 1 aromatic heterocycles. The van der Waals surface area contributed by atoms with Crippen molar-refractivity contribution in [1.29, 1.82) is 0 Å². The molecule has 0 aliphatic rings. The molecule has 3 heteroatoms. The monoisotopic (exact) mass is 139 g/mol. The van der Waals surface area contributed by atoms with E-state index in [4.69, 9.17) is 0 Å². The summed E-state index contributed by atoms with van der Waals surface area (Å²) < 4.78 is 0. The Labute approximate surface area is 60.8 Å². The topological polar surface area (TPSA) is 40.7 Å². The lowest BCUT2D eigenvalue weighted by atomic mass is 10.3. The fourth-order valence-corrected chi connectivity index (χ4v) is 0.696. The van der Waals surface area contributed by atoms with E-state index >= 15 is 0 Å². The normalized spacial score (nSPS) is 10.7. The average molecular weight is 139 g/mol. The Bertz CT molecular complexity index is 167.